The Morgan fingerprint density at radius 2 is 2.03 bits per heavy atom. The summed E-state index contributed by atoms with van der Waals surface area (Å²) in [6.07, 6.45) is 11.4. The Labute approximate surface area is 203 Å². The molecule has 0 spiro atoms. The maximum atomic E-state index is 4.98. The van der Waals surface area contributed by atoms with E-state index >= 15 is 0 Å². The molecule has 3 N–H and O–H groups in total. The molecule has 0 fully saturated rings. The van der Waals surface area contributed by atoms with Gasteiger partial charge in [0.05, 0.1) is 16.9 Å². The van der Waals surface area contributed by atoms with E-state index in [0.29, 0.717) is 6.04 Å². The Kier molecular flexibility index (Phi) is 5.97. The number of hydrogen-bond donors (Lipinski definition) is 3. The summed E-state index contributed by atoms with van der Waals surface area (Å²) >= 11 is 0. The van der Waals surface area contributed by atoms with Gasteiger partial charge in [-0.15, -0.1) is 0 Å². The first-order valence-electron chi connectivity index (χ1n) is 11.6. The minimum Gasteiger partial charge on any atom is -0.383 e. The molecule has 0 aliphatic heterocycles. The fraction of sp³-hybridized carbons (Fsp3) is 0.143. The fourth-order valence-corrected chi connectivity index (χ4v) is 4.14. The molecule has 0 aliphatic carbocycles. The van der Waals surface area contributed by atoms with E-state index in [0.717, 1.165) is 61.5 Å². The second-order valence-electron chi connectivity index (χ2n) is 8.56. The standard InChI is InChI=1S/C28H27N7/c1-5-18(14-20(6-2)31-17(3)4)23-9-10-24-26(32-23)27(35-34-24)25-15-22-21(11-13-30-28(22)33-25)19-8-7-12-29-16-19/h5-17,31H,2H2,1,3-4H3,(H,30,33)(H,34,35)/b18-5+,20-14+. The summed E-state index contributed by atoms with van der Waals surface area (Å²) in [6.45, 7) is 10.1. The third-order valence-corrected chi connectivity index (χ3v) is 5.76. The molecule has 0 bridgehead atoms. The molecule has 5 aromatic heterocycles. The predicted octanol–water partition coefficient (Wildman–Crippen LogP) is 6.03. The van der Waals surface area contributed by atoms with Gasteiger partial charge in [-0.3, -0.25) is 10.1 Å². The van der Waals surface area contributed by atoms with Crippen LogP contribution in [0.3, 0.4) is 0 Å². The smallest absolute Gasteiger partial charge is 0.138 e. The molecule has 5 rings (SSSR count). The minimum absolute atomic E-state index is 0.306. The number of allylic oxidation sites excluding steroid dienone is 4. The zero-order chi connectivity index (χ0) is 24.4. The van der Waals surface area contributed by atoms with Crippen molar-refractivity contribution >= 4 is 27.6 Å². The van der Waals surface area contributed by atoms with Crippen molar-refractivity contribution in [3.63, 3.8) is 0 Å². The van der Waals surface area contributed by atoms with Gasteiger partial charge in [-0.25, -0.2) is 9.97 Å². The SMILES string of the molecule is C=C/C(=C\C(=C/C)c1ccc2[nH]nc(-c3cc4c(-c5cccnc5)ccnc4[nH]3)c2n1)NC(C)C. The molecule has 7 nitrogen and oxygen atoms in total. The Morgan fingerprint density at radius 1 is 1.14 bits per heavy atom. The van der Waals surface area contributed by atoms with Crippen LogP contribution in [0.15, 0.2) is 85.5 Å². The van der Waals surface area contributed by atoms with Crippen molar-refractivity contribution in [1.29, 1.82) is 0 Å². The third kappa shape index (κ3) is 4.36. The Bertz CT molecular complexity index is 1570. The largest absolute Gasteiger partial charge is 0.383 e. The van der Waals surface area contributed by atoms with Crippen molar-refractivity contribution in [3.8, 4) is 22.5 Å². The molecule has 5 heterocycles. The van der Waals surface area contributed by atoms with E-state index in [-0.39, 0.29) is 0 Å². The molecule has 0 aliphatic rings. The second kappa shape index (κ2) is 9.38. The van der Waals surface area contributed by atoms with Crippen LogP contribution >= 0.6 is 0 Å². The molecule has 0 saturated heterocycles. The van der Waals surface area contributed by atoms with E-state index in [2.05, 4.69) is 63.0 Å². The number of aromatic amines is 2. The molecule has 7 heteroatoms. The molecule has 0 radical (unpaired) electrons. The average Bonchev–Trinajstić information content (AvgIpc) is 3.50. The van der Waals surface area contributed by atoms with E-state index in [1.54, 1.807) is 12.4 Å². The number of nitrogens with one attached hydrogen (secondary N) is 3. The molecule has 5 aromatic rings. The van der Waals surface area contributed by atoms with Gasteiger partial charge in [-0.05, 0) is 74.4 Å². The molecule has 35 heavy (non-hydrogen) atoms. The lowest BCUT2D eigenvalue weighted by molar-refractivity contribution is 0.682. The highest BCUT2D eigenvalue weighted by atomic mass is 15.1. The highest BCUT2D eigenvalue weighted by molar-refractivity contribution is 5.98. The van der Waals surface area contributed by atoms with Crippen LogP contribution in [-0.4, -0.2) is 36.2 Å². The molecule has 0 unspecified atom stereocenters. The molecule has 0 aromatic carbocycles. The lowest BCUT2D eigenvalue weighted by Gasteiger charge is -2.12. The van der Waals surface area contributed by atoms with Crippen molar-refractivity contribution in [3.05, 3.63) is 91.2 Å². The lowest BCUT2D eigenvalue weighted by atomic mass is 10.1. The van der Waals surface area contributed by atoms with Crippen molar-refractivity contribution in [2.24, 2.45) is 0 Å². The lowest BCUT2D eigenvalue weighted by Crippen LogP contribution is -2.20. The average molecular weight is 462 g/mol. The van der Waals surface area contributed by atoms with Gasteiger partial charge >= 0.3 is 0 Å². The summed E-state index contributed by atoms with van der Waals surface area (Å²) in [5.74, 6) is 0. The van der Waals surface area contributed by atoms with Crippen molar-refractivity contribution in [2.45, 2.75) is 26.8 Å². The van der Waals surface area contributed by atoms with Crippen LogP contribution < -0.4 is 5.32 Å². The van der Waals surface area contributed by atoms with E-state index in [9.17, 15) is 0 Å². The summed E-state index contributed by atoms with van der Waals surface area (Å²) in [7, 11) is 0. The molecule has 174 valence electrons. The molecule has 0 amide bonds. The van der Waals surface area contributed by atoms with Gasteiger partial charge in [0.1, 0.15) is 16.9 Å². The van der Waals surface area contributed by atoms with Crippen molar-refractivity contribution in [2.75, 3.05) is 0 Å². The zero-order valence-electron chi connectivity index (χ0n) is 20.0. The van der Waals surface area contributed by atoms with E-state index in [1.165, 1.54) is 0 Å². The fourth-order valence-electron chi connectivity index (χ4n) is 4.14. The molecule has 0 atom stereocenters. The number of H-pyrrole nitrogens is 2. The summed E-state index contributed by atoms with van der Waals surface area (Å²) in [5, 5.41) is 12.1. The van der Waals surface area contributed by atoms with Crippen molar-refractivity contribution < 1.29 is 0 Å². The zero-order valence-corrected chi connectivity index (χ0v) is 20.0. The number of fused-ring (bicyclic) bond motifs is 2. The van der Waals surface area contributed by atoms with Gasteiger partial charge in [0.2, 0.25) is 0 Å². The van der Waals surface area contributed by atoms with E-state index in [4.69, 9.17) is 4.98 Å². The predicted molar refractivity (Wildman–Crippen MR) is 142 cm³/mol. The maximum Gasteiger partial charge on any atom is 0.138 e. The van der Waals surface area contributed by atoms with Crippen LogP contribution in [0.25, 0.3) is 50.2 Å². The molecular weight excluding hydrogens is 434 g/mol. The topological polar surface area (TPSA) is 95.2 Å². The van der Waals surface area contributed by atoms with Crippen LogP contribution in [0.4, 0.5) is 0 Å². The first kappa shape index (κ1) is 22.3. The van der Waals surface area contributed by atoms with E-state index in [1.807, 2.05) is 55.6 Å². The highest BCUT2D eigenvalue weighted by Crippen LogP contribution is 2.32. The van der Waals surface area contributed by atoms with Crippen LogP contribution in [-0.2, 0) is 0 Å². The van der Waals surface area contributed by atoms with Crippen LogP contribution in [0.5, 0.6) is 0 Å². The monoisotopic (exact) mass is 461 g/mol. The van der Waals surface area contributed by atoms with Crippen LogP contribution in [0, 0.1) is 0 Å². The second-order valence-corrected chi connectivity index (χ2v) is 8.56. The van der Waals surface area contributed by atoms with Gasteiger partial charge in [0.15, 0.2) is 0 Å². The number of hydrogen-bond acceptors (Lipinski definition) is 5. The number of rotatable bonds is 7. The van der Waals surface area contributed by atoms with Gasteiger partial charge in [0, 0.05) is 41.3 Å². The number of pyridine rings is 3. The number of nitrogens with zero attached hydrogens (tertiary/aromatic N) is 4. The first-order chi connectivity index (χ1) is 17.1. The summed E-state index contributed by atoms with van der Waals surface area (Å²) in [4.78, 5) is 17.2. The van der Waals surface area contributed by atoms with Gasteiger partial charge in [-0.1, -0.05) is 18.7 Å². The van der Waals surface area contributed by atoms with Crippen LogP contribution in [0.2, 0.25) is 0 Å². The molecular formula is C28H27N7. The van der Waals surface area contributed by atoms with Gasteiger partial charge in [0.25, 0.3) is 0 Å². The maximum absolute atomic E-state index is 4.98. The summed E-state index contributed by atoms with van der Waals surface area (Å²) in [6, 6.07) is 12.4. The van der Waals surface area contributed by atoms with Crippen molar-refractivity contribution in [1.82, 2.24) is 35.5 Å². The summed E-state index contributed by atoms with van der Waals surface area (Å²) < 4.78 is 0. The Morgan fingerprint density at radius 3 is 2.77 bits per heavy atom. The molecule has 0 saturated carbocycles. The summed E-state index contributed by atoms with van der Waals surface area (Å²) in [5.41, 5.74) is 8.97. The van der Waals surface area contributed by atoms with E-state index < -0.39 is 0 Å². The third-order valence-electron chi connectivity index (χ3n) is 5.76. The first-order valence-corrected chi connectivity index (χ1v) is 11.6. The van der Waals surface area contributed by atoms with Gasteiger partial charge in [-0.2, -0.15) is 5.10 Å². The van der Waals surface area contributed by atoms with Crippen LogP contribution in [0.1, 0.15) is 26.5 Å². The quantitative estimate of drug-likeness (QED) is 0.257. The Hall–Kier alpha value is -4.52. The minimum atomic E-state index is 0.306. The van der Waals surface area contributed by atoms with Gasteiger partial charge < -0.3 is 10.3 Å². The highest BCUT2D eigenvalue weighted by Gasteiger charge is 2.16. The number of aromatic nitrogens is 6. The normalized spacial score (nSPS) is 12.6. The Balaban J connectivity index is 1.59.